The second-order valence-electron chi connectivity index (χ2n) is 4.43. The number of aromatic nitrogens is 1. The highest BCUT2D eigenvalue weighted by Gasteiger charge is 2.10. The monoisotopic (exact) mass is 279 g/mol. The van der Waals surface area contributed by atoms with Crippen molar-refractivity contribution in [2.45, 2.75) is 0 Å². The van der Waals surface area contributed by atoms with Gasteiger partial charge in [0.05, 0.1) is 5.52 Å². The first-order valence-corrected chi connectivity index (χ1v) is 6.20. The molecular formula is C16H10FN3O. The molecule has 0 bridgehead atoms. The maximum absolute atomic E-state index is 13.5. The van der Waals surface area contributed by atoms with Gasteiger partial charge in [-0.25, -0.2) is 9.37 Å². The molecule has 21 heavy (non-hydrogen) atoms. The summed E-state index contributed by atoms with van der Waals surface area (Å²) in [7, 11) is 0. The Labute approximate surface area is 120 Å². The zero-order valence-electron chi connectivity index (χ0n) is 10.9. The number of nitrogens with two attached hydrogens (primary N) is 1. The van der Waals surface area contributed by atoms with E-state index < -0.39 is 5.82 Å². The first-order chi connectivity index (χ1) is 10.2. The van der Waals surface area contributed by atoms with Gasteiger partial charge in [-0.3, -0.25) is 0 Å². The number of nitrogens with zero attached hydrogens (tertiary/aromatic N) is 2. The van der Waals surface area contributed by atoms with Crippen LogP contribution in [0.2, 0.25) is 0 Å². The molecule has 0 amide bonds. The number of nitrogen functional groups attached to an aromatic ring is 1. The Bertz CT molecular complexity index is 871. The van der Waals surface area contributed by atoms with E-state index in [2.05, 4.69) is 4.98 Å². The molecule has 4 nitrogen and oxygen atoms in total. The molecule has 0 aliphatic rings. The maximum Gasteiger partial charge on any atom is 0.219 e. The van der Waals surface area contributed by atoms with Gasteiger partial charge >= 0.3 is 0 Å². The number of nitriles is 1. The molecule has 1 aromatic heterocycles. The predicted octanol–water partition coefficient (Wildman–Crippen LogP) is 3.62. The van der Waals surface area contributed by atoms with Gasteiger partial charge in [-0.15, -0.1) is 0 Å². The Morgan fingerprint density at radius 2 is 2.00 bits per heavy atom. The molecule has 0 unspecified atom stereocenters. The Morgan fingerprint density at radius 3 is 2.81 bits per heavy atom. The van der Waals surface area contributed by atoms with E-state index in [9.17, 15) is 4.39 Å². The molecule has 5 heteroatoms. The summed E-state index contributed by atoms with van der Waals surface area (Å²) in [5.74, 6) is -0.197. The third-order valence-electron chi connectivity index (χ3n) is 2.99. The Hall–Kier alpha value is -3.13. The highest BCUT2D eigenvalue weighted by atomic mass is 19.1. The number of benzene rings is 2. The summed E-state index contributed by atoms with van der Waals surface area (Å²) in [6.07, 6.45) is 0. The Balaban J connectivity index is 2.01. The van der Waals surface area contributed by atoms with Crippen LogP contribution in [0.3, 0.4) is 0 Å². The van der Waals surface area contributed by atoms with E-state index in [1.54, 1.807) is 36.4 Å². The lowest BCUT2D eigenvalue weighted by molar-refractivity contribution is 0.458. The van der Waals surface area contributed by atoms with Crippen LogP contribution in [0.25, 0.3) is 10.9 Å². The first kappa shape index (κ1) is 12.9. The summed E-state index contributed by atoms with van der Waals surface area (Å²) < 4.78 is 19.0. The van der Waals surface area contributed by atoms with Crippen molar-refractivity contribution in [2.24, 2.45) is 0 Å². The normalized spacial score (nSPS) is 10.3. The van der Waals surface area contributed by atoms with Crippen molar-refractivity contribution in [3.05, 3.63) is 59.9 Å². The lowest BCUT2D eigenvalue weighted by Crippen LogP contribution is -1.94. The lowest BCUT2D eigenvalue weighted by Gasteiger charge is -2.08. The number of fused-ring (bicyclic) bond motifs is 1. The van der Waals surface area contributed by atoms with Gasteiger partial charge in [-0.1, -0.05) is 6.07 Å². The van der Waals surface area contributed by atoms with Gasteiger partial charge in [-0.05, 0) is 36.4 Å². The van der Waals surface area contributed by atoms with Gasteiger partial charge in [0.2, 0.25) is 5.88 Å². The zero-order valence-corrected chi connectivity index (χ0v) is 10.9. The summed E-state index contributed by atoms with van der Waals surface area (Å²) >= 11 is 0. The molecule has 0 atom stereocenters. The van der Waals surface area contributed by atoms with Crippen LogP contribution in [0.4, 0.5) is 10.1 Å². The highest BCUT2D eigenvalue weighted by molar-refractivity contribution is 5.82. The van der Waals surface area contributed by atoms with Crippen LogP contribution in [0.5, 0.6) is 11.6 Å². The minimum Gasteiger partial charge on any atom is -0.438 e. The topological polar surface area (TPSA) is 71.9 Å². The van der Waals surface area contributed by atoms with E-state index in [0.29, 0.717) is 11.2 Å². The van der Waals surface area contributed by atoms with Crippen LogP contribution in [0.15, 0.2) is 48.5 Å². The molecule has 0 aliphatic carbocycles. The minimum atomic E-state index is -0.622. The van der Waals surface area contributed by atoms with E-state index in [1.807, 2.05) is 0 Å². The van der Waals surface area contributed by atoms with Crippen molar-refractivity contribution in [3.63, 3.8) is 0 Å². The van der Waals surface area contributed by atoms with Gasteiger partial charge in [0, 0.05) is 17.1 Å². The Morgan fingerprint density at radius 1 is 1.14 bits per heavy atom. The molecule has 2 aromatic carbocycles. The smallest absolute Gasteiger partial charge is 0.219 e. The summed E-state index contributed by atoms with van der Waals surface area (Å²) in [6.45, 7) is 0. The molecule has 102 valence electrons. The molecule has 0 spiro atoms. The number of ether oxygens (including phenoxy) is 1. The summed E-state index contributed by atoms with van der Waals surface area (Å²) in [6, 6.07) is 14.8. The first-order valence-electron chi connectivity index (χ1n) is 6.20. The summed E-state index contributed by atoms with van der Waals surface area (Å²) in [5, 5.41) is 9.85. The molecule has 0 fully saturated rings. The molecule has 0 saturated heterocycles. The van der Waals surface area contributed by atoms with E-state index in [-0.39, 0.29) is 17.2 Å². The third kappa shape index (κ3) is 2.47. The predicted molar refractivity (Wildman–Crippen MR) is 77.3 cm³/mol. The number of pyridine rings is 1. The second-order valence-corrected chi connectivity index (χ2v) is 4.43. The maximum atomic E-state index is 13.5. The van der Waals surface area contributed by atoms with Crippen molar-refractivity contribution in [2.75, 3.05) is 5.73 Å². The van der Waals surface area contributed by atoms with Gasteiger partial charge < -0.3 is 10.5 Å². The number of anilines is 1. The van der Waals surface area contributed by atoms with E-state index in [0.717, 1.165) is 5.39 Å². The summed E-state index contributed by atoms with van der Waals surface area (Å²) in [4.78, 5) is 4.31. The molecule has 0 saturated carbocycles. The average molecular weight is 279 g/mol. The van der Waals surface area contributed by atoms with Crippen LogP contribution in [-0.4, -0.2) is 4.98 Å². The van der Waals surface area contributed by atoms with Crippen molar-refractivity contribution >= 4 is 16.6 Å². The number of rotatable bonds is 2. The SMILES string of the molecule is N#Cc1c(F)cccc1Oc1ccc2cc(N)ccc2n1. The minimum absolute atomic E-state index is 0.139. The standard InChI is InChI=1S/C16H10FN3O/c17-13-2-1-3-15(12(13)9-18)21-16-7-4-10-8-11(19)5-6-14(10)20-16/h1-8H,19H2. The van der Waals surface area contributed by atoms with Crippen molar-refractivity contribution in [1.29, 1.82) is 5.26 Å². The number of hydrogen-bond acceptors (Lipinski definition) is 4. The van der Waals surface area contributed by atoms with Gasteiger partial charge in [0.1, 0.15) is 23.2 Å². The third-order valence-corrected chi connectivity index (χ3v) is 2.99. The van der Waals surface area contributed by atoms with Crippen LogP contribution in [0.1, 0.15) is 5.56 Å². The number of halogens is 1. The molecular weight excluding hydrogens is 269 g/mol. The Kier molecular flexibility index (Phi) is 3.13. The zero-order chi connectivity index (χ0) is 14.8. The van der Waals surface area contributed by atoms with Crippen molar-refractivity contribution < 1.29 is 9.13 Å². The van der Waals surface area contributed by atoms with E-state index in [4.69, 9.17) is 15.7 Å². The molecule has 3 rings (SSSR count). The second kappa shape index (κ2) is 5.10. The van der Waals surface area contributed by atoms with Crippen LogP contribution in [-0.2, 0) is 0 Å². The van der Waals surface area contributed by atoms with Crippen LogP contribution < -0.4 is 10.5 Å². The van der Waals surface area contributed by atoms with Crippen LogP contribution in [0, 0.1) is 17.1 Å². The fourth-order valence-electron chi connectivity index (χ4n) is 1.99. The van der Waals surface area contributed by atoms with E-state index >= 15 is 0 Å². The van der Waals surface area contributed by atoms with Crippen molar-refractivity contribution in [1.82, 2.24) is 4.98 Å². The molecule has 0 aliphatic heterocycles. The largest absolute Gasteiger partial charge is 0.438 e. The fraction of sp³-hybridized carbons (Fsp3) is 0. The highest BCUT2D eigenvalue weighted by Crippen LogP contribution is 2.27. The van der Waals surface area contributed by atoms with Crippen molar-refractivity contribution in [3.8, 4) is 17.7 Å². The van der Waals surface area contributed by atoms with Gasteiger partial charge in [-0.2, -0.15) is 5.26 Å². The van der Waals surface area contributed by atoms with Gasteiger partial charge in [0.25, 0.3) is 0 Å². The van der Waals surface area contributed by atoms with Gasteiger partial charge in [0.15, 0.2) is 0 Å². The molecule has 3 aromatic rings. The van der Waals surface area contributed by atoms with Crippen LogP contribution >= 0.6 is 0 Å². The molecule has 0 radical (unpaired) electrons. The quantitative estimate of drug-likeness (QED) is 0.727. The lowest BCUT2D eigenvalue weighted by atomic mass is 10.2. The average Bonchev–Trinajstić information content (AvgIpc) is 2.48. The molecule has 1 heterocycles. The number of hydrogen-bond donors (Lipinski definition) is 1. The van der Waals surface area contributed by atoms with E-state index in [1.165, 1.54) is 18.2 Å². The molecule has 2 N–H and O–H groups in total. The fourth-order valence-corrected chi connectivity index (χ4v) is 1.99. The summed E-state index contributed by atoms with van der Waals surface area (Å²) in [5.41, 5.74) is 6.91.